The summed E-state index contributed by atoms with van der Waals surface area (Å²) < 4.78 is 1.95. The first-order chi connectivity index (χ1) is 14.0. The lowest BCUT2D eigenvalue weighted by molar-refractivity contribution is 0.472. The number of fused-ring (bicyclic) bond motifs is 1. The molecule has 0 spiro atoms. The third-order valence-electron chi connectivity index (χ3n) is 6.06. The van der Waals surface area contributed by atoms with Crippen LogP contribution in [0.3, 0.4) is 0 Å². The van der Waals surface area contributed by atoms with E-state index < -0.39 is 0 Å². The fourth-order valence-corrected chi connectivity index (χ4v) is 4.03. The Balaban J connectivity index is 1.30. The normalized spacial score (nSPS) is 18.3. The second-order valence-corrected chi connectivity index (χ2v) is 9.15. The quantitative estimate of drug-likeness (QED) is 0.678. The number of aromatic nitrogens is 6. The Bertz CT molecular complexity index is 992. The Kier molecular flexibility index (Phi) is 4.37. The molecule has 0 amide bonds. The summed E-state index contributed by atoms with van der Waals surface area (Å²) in [4.78, 5) is 4.61. The van der Waals surface area contributed by atoms with Gasteiger partial charge < -0.3 is 9.80 Å². The van der Waals surface area contributed by atoms with Crippen LogP contribution in [0.25, 0.3) is 5.65 Å². The van der Waals surface area contributed by atoms with Crippen molar-refractivity contribution < 1.29 is 0 Å². The lowest BCUT2D eigenvalue weighted by Gasteiger charge is -2.32. The molecule has 8 heteroatoms. The molecule has 2 saturated heterocycles. The number of piperidine rings is 1. The molecule has 5 heterocycles. The van der Waals surface area contributed by atoms with Crippen LogP contribution >= 0.6 is 0 Å². The predicted octanol–water partition coefficient (Wildman–Crippen LogP) is 2.81. The molecule has 8 nitrogen and oxygen atoms in total. The molecule has 0 N–H and O–H groups in total. The van der Waals surface area contributed by atoms with Crippen molar-refractivity contribution in [1.29, 1.82) is 0 Å². The van der Waals surface area contributed by atoms with Gasteiger partial charge in [0, 0.05) is 37.5 Å². The van der Waals surface area contributed by atoms with Crippen LogP contribution in [0.15, 0.2) is 24.3 Å². The van der Waals surface area contributed by atoms with Crippen LogP contribution in [0, 0.1) is 0 Å². The molecule has 3 aromatic heterocycles. The third kappa shape index (κ3) is 3.41. The first-order valence-corrected chi connectivity index (χ1v) is 10.6. The van der Waals surface area contributed by atoms with Gasteiger partial charge in [0.05, 0.1) is 5.69 Å². The molecule has 0 aliphatic carbocycles. The largest absolute Gasteiger partial charge is 0.355 e. The van der Waals surface area contributed by atoms with Crippen molar-refractivity contribution in [3.05, 3.63) is 35.8 Å². The fourth-order valence-electron chi connectivity index (χ4n) is 4.03. The maximum absolute atomic E-state index is 4.82. The minimum Gasteiger partial charge on any atom is -0.355 e. The van der Waals surface area contributed by atoms with Gasteiger partial charge in [0.15, 0.2) is 17.3 Å². The van der Waals surface area contributed by atoms with E-state index in [0.29, 0.717) is 5.92 Å². The van der Waals surface area contributed by atoms with Crippen molar-refractivity contribution >= 4 is 17.3 Å². The van der Waals surface area contributed by atoms with Crippen molar-refractivity contribution in [1.82, 2.24) is 30.0 Å². The summed E-state index contributed by atoms with van der Waals surface area (Å²) in [7, 11) is 0. The summed E-state index contributed by atoms with van der Waals surface area (Å²) in [5, 5.41) is 22.6. The molecule has 0 radical (unpaired) electrons. The average Bonchev–Trinajstić information content (AvgIpc) is 3.10. The molecule has 2 fully saturated rings. The lowest BCUT2D eigenvalue weighted by Crippen LogP contribution is -2.38. The maximum Gasteiger partial charge on any atom is 0.178 e. The molecular formula is C21H28N8. The van der Waals surface area contributed by atoms with Crippen LogP contribution in [0.4, 0.5) is 11.6 Å². The Hall–Kier alpha value is -2.77. The highest BCUT2D eigenvalue weighted by Crippen LogP contribution is 2.30. The van der Waals surface area contributed by atoms with E-state index in [1.165, 1.54) is 6.42 Å². The number of hydrogen-bond donors (Lipinski definition) is 0. The van der Waals surface area contributed by atoms with E-state index in [2.05, 4.69) is 69.2 Å². The van der Waals surface area contributed by atoms with Gasteiger partial charge in [-0.3, -0.25) is 0 Å². The Labute approximate surface area is 170 Å². The van der Waals surface area contributed by atoms with E-state index in [-0.39, 0.29) is 5.41 Å². The summed E-state index contributed by atoms with van der Waals surface area (Å²) >= 11 is 0. The molecule has 0 unspecified atom stereocenters. The van der Waals surface area contributed by atoms with Crippen molar-refractivity contribution in [3.63, 3.8) is 0 Å². The van der Waals surface area contributed by atoms with Crippen LogP contribution in [-0.2, 0) is 5.41 Å². The highest BCUT2D eigenvalue weighted by molar-refractivity contribution is 5.47. The molecule has 2 aliphatic heterocycles. The van der Waals surface area contributed by atoms with Gasteiger partial charge in [-0.1, -0.05) is 20.8 Å². The molecule has 5 rings (SSSR count). The number of nitrogens with zero attached hydrogens (tertiary/aromatic N) is 8. The number of anilines is 2. The van der Waals surface area contributed by atoms with E-state index in [4.69, 9.17) is 5.10 Å². The highest BCUT2D eigenvalue weighted by atomic mass is 15.4. The molecular weight excluding hydrogens is 364 g/mol. The minimum absolute atomic E-state index is 0.0230. The van der Waals surface area contributed by atoms with E-state index in [0.717, 1.165) is 67.8 Å². The molecule has 152 valence electrons. The second kappa shape index (κ2) is 6.93. The van der Waals surface area contributed by atoms with Crippen LogP contribution in [0.1, 0.15) is 57.5 Å². The van der Waals surface area contributed by atoms with Crippen molar-refractivity contribution in [2.75, 3.05) is 36.0 Å². The molecule has 3 aromatic rings. The summed E-state index contributed by atoms with van der Waals surface area (Å²) in [5.41, 5.74) is 1.88. The van der Waals surface area contributed by atoms with Crippen molar-refractivity contribution in [3.8, 4) is 0 Å². The van der Waals surface area contributed by atoms with Crippen LogP contribution in [-0.4, -0.2) is 56.2 Å². The van der Waals surface area contributed by atoms with Gasteiger partial charge in [-0.2, -0.15) is 9.61 Å². The van der Waals surface area contributed by atoms with Gasteiger partial charge in [-0.25, -0.2) is 0 Å². The first-order valence-electron chi connectivity index (χ1n) is 10.6. The van der Waals surface area contributed by atoms with Gasteiger partial charge in [0.25, 0.3) is 0 Å². The predicted molar refractivity (Wildman–Crippen MR) is 113 cm³/mol. The topological polar surface area (TPSA) is 75.3 Å². The summed E-state index contributed by atoms with van der Waals surface area (Å²) in [5.74, 6) is 3.33. The maximum atomic E-state index is 4.82. The van der Waals surface area contributed by atoms with Crippen molar-refractivity contribution in [2.45, 2.75) is 51.4 Å². The Morgan fingerprint density at radius 1 is 0.793 bits per heavy atom. The molecule has 0 atom stereocenters. The molecule has 29 heavy (non-hydrogen) atoms. The zero-order chi connectivity index (χ0) is 20.0. The highest BCUT2D eigenvalue weighted by Gasteiger charge is 2.27. The van der Waals surface area contributed by atoms with Gasteiger partial charge in [-0.15, -0.1) is 20.4 Å². The zero-order valence-corrected chi connectivity index (χ0v) is 17.4. The van der Waals surface area contributed by atoms with Crippen molar-refractivity contribution in [2.24, 2.45) is 0 Å². The van der Waals surface area contributed by atoms with E-state index in [1.807, 2.05) is 10.6 Å². The molecule has 2 aliphatic rings. The Morgan fingerprint density at radius 3 is 2.14 bits per heavy atom. The first kappa shape index (κ1) is 18.3. The molecule has 0 bridgehead atoms. The van der Waals surface area contributed by atoms with Crippen LogP contribution < -0.4 is 9.80 Å². The van der Waals surface area contributed by atoms with E-state index in [9.17, 15) is 0 Å². The third-order valence-corrected chi connectivity index (χ3v) is 6.06. The summed E-state index contributed by atoms with van der Waals surface area (Å²) in [6, 6.07) is 8.27. The number of hydrogen-bond acceptors (Lipinski definition) is 7. The van der Waals surface area contributed by atoms with Gasteiger partial charge in [0.1, 0.15) is 5.82 Å². The summed E-state index contributed by atoms with van der Waals surface area (Å²) in [6.07, 6.45) is 3.27. The minimum atomic E-state index is 0.0230. The van der Waals surface area contributed by atoms with Gasteiger partial charge >= 0.3 is 0 Å². The SMILES string of the molecule is CC(C)(C)c1ccc(N2CCC(c3nnc4ccc(N5CCC5)nn34)CC2)nn1. The van der Waals surface area contributed by atoms with Gasteiger partial charge in [-0.05, 0) is 43.5 Å². The van der Waals surface area contributed by atoms with E-state index >= 15 is 0 Å². The smallest absolute Gasteiger partial charge is 0.178 e. The summed E-state index contributed by atoms with van der Waals surface area (Å²) in [6.45, 7) is 10.5. The average molecular weight is 393 g/mol. The van der Waals surface area contributed by atoms with E-state index in [1.54, 1.807) is 0 Å². The zero-order valence-electron chi connectivity index (χ0n) is 17.4. The van der Waals surface area contributed by atoms with Crippen LogP contribution in [0.2, 0.25) is 0 Å². The number of rotatable bonds is 3. The molecule has 0 saturated carbocycles. The standard InChI is InChI=1S/C21H28N8/c1-21(2,3)16-5-6-17(23-22-16)28-13-9-15(10-14-28)20-25-24-18-7-8-19(26-29(18)20)27-11-4-12-27/h5-8,15H,4,9-14H2,1-3H3. The molecule has 0 aromatic carbocycles. The monoisotopic (exact) mass is 392 g/mol. The van der Waals surface area contributed by atoms with Gasteiger partial charge in [0.2, 0.25) is 0 Å². The fraction of sp³-hybridized carbons (Fsp3) is 0.571. The lowest BCUT2D eigenvalue weighted by atomic mass is 9.92. The Morgan fingerprint density at radius 2 is 1.52 bits per heavy atom. The second-order valence-electron chi connectivity index (χ2n) is 9.15. The van der Waals surface area contributed by atoms with Crippen LogP contribution in [0.5, 0.6) is 0 Å².